The summed E-state index contributed by atoms with van der Waals surface area (Å²) < 4.78 is 4.69. The van der Waals surface area contributed by atoms with Crippen LogP contribution < -0.4 is 0 Å². The van der Waals surface area contributed by atoms with Gasteiger partial charge >= 0.3 is 0 Å². The highest BCUT2D eigenvalue weighted by atomic mass is 79.9. The lowest BCUT2D eigenvalue weighted by atomic mass is 10.0. The molecule has 0 aliphatic rings. The van der Waals surface area contributed by atoms with Crippen LogP contribution in [0.15, 0.2) is 28.2 Å². The SMILES string of the molecule is CC.COCl.Cc1ccc(-c2nc(Br)sc2C(C)C)cc1. The molecule has 0 radical (unpaired) electrons. The number of thiazole rings is 1. The molecule has 1 aromatic carbocycles. The first-order chi connectivity index (χ1) is 9.99. The van der Waals surface area contributed by atoms with Crippen LogP contribution in [0.25, 0.3) is 11.3 Å². The highest BCUT2D eigenvalue weighted by Crippen LogP contribution is 2.35. The Kier molecular flexibility index (Phi) is 11.0. The van der Waals surface area contributed by atoms with Crippen molar-refractivity contribution in [3.63, 3.8) is 0 Å². The molecule has 0 fully saturated rings. The zero-order valence-corrected chi connectivity index (χ0v) is 16.6. The Balaban J connectivity index is 0.000000713. The number of aromatic nitrogens is 1. The first-order valence-electron chi connectivity index (χ1n) is 6.87. The number of aryl methyl sites for hydroxylation is 1. The predicted octanol–water partition coefficient (Wildman–Crippen LogP) is 6.82. The summed E-state index contributed by atoms with van der Waals surface area (Å²) in [6.45, 7) is 10.5. The maximum atomic E-state index is 4.57. The lowest BCUT2D eigenvalue weighted by Crippen LogP contribution is -1.88. The second-order valence-electron chi connectivity index (χ2n) is 4.35. The summed E-state index contributed by atoms with van der Waals surface area (Å²) in [6.07, 6.45) is 0. The average Bonchev–Trinajstić information content (AvgIpc) is 2.85. The van der Waals surface area contributed by atoms with Gasteiger partial charge in [-0.3, -0.25) is 4.29 Å². The van der Waals surface area contributed by atoms with E-state index >= 15 is 0 Å². The number of rotatable bonds is 2. The molecule has 2 rings (SSSR count). The van der Waals surface area contributed by atoms with Crippen LogP contribution in [-0.2, 0) is 4.29 Å². The molecule has 0 unspecified atom stereocenters. The van der Waals surface area contributed by atoms with Gasteiger partial charge in [-0.25, -0.2) is 4.98 Å². The molecule has 0 aliphatic carbocycles. The van der Waals surface area contributed by atoms with Crippen molar-refractivity contribution in [1.29, 1.82) is 0 Å². The molecule has 5 heteroatoms. The summed E-state index contributed by atoms with van der Waals surface area (Å²) in [6, 6.07) is 8.55. The molecule has 0 amide bonds. The minimum absolute atomic E-state index is 0.514. The van der Waals surface area contributed by atoms with Gasteiger partial charge in [0.15, 0.2) is 3.92 Å². The van der Waals surface area contributed by atoms with Gasteiger partial charge in [0.05, 0.1) is 24.7 Å². The van der Waals surface area contributed by atoms with Crippen LogP contribution in [0.3, 0.4) is 0 Å². The van der Waals surface area contributed by atoms with E-state index < -0.39 is 0 Å². The van der Waals surface area contributed by atoms with E-state index in [2.05, 4.69) is 82.1 Å². The van der Waals surface area contributed by atoms with Gasteiger partial charge in [0, 0.05) is 10.4 Å². The molecule has 0 bridgehead atoms. The van der Waals surface area contributed by atoms with Gasteiger partial charge in [0.2, 0.25) is 0 Å². The Labute approximate surface area is 145 Å². The van der Waals surface area contributed by atoms with Crippen LogP contribution in [0.2, 0.25) is 0 Å². The lowest BCUT2D eigenvalue weighted by Gasteiger charge is -2.05. The van der Waals surface area contributed by atoms with Gasteiger partial charge < -0.3 is 0 Å². The second-order valence-corrected chi connectivity index (χ2v) is 6.97. The first kappa shape index (κ1) is 20.6. The molecule has 0 N–H and O–H groups in total. The van der Waals surface area contributed by atoms with E-state index in [4.69, 9.17) is 0 Å². The van der Waals surface area contributed by atoms with Crippen LogP contribution in [0.5, 0.6) is 0 Å². The third kappa shape index (κ3) is 6.92. The molecule has 0 saturated heterocycles. The molecule has 118 valence electrons. The van der Waals surface area contributed by atoms with Crippen LogP contribution in [0, 0.1) is 6.92 Å². The molecule has 1 aromatic heterocycles. The Morgan fingerprint density at radius 1 is 1.19 bits per heavy atom. The van der Waals surface area contributed by atoms with Crippen LogP contribution in [0.1, 0.15) is 44.1 Å². The maximum Gasteiger partial charge on any atom is 0.160 e. The largest absolute Gasteiger partial charge is 0.283 e. The van der Waals surface area contributed by atoms with Gasteiger partial charge in [0.25, 0.3) is 0 Å². The van der Waals surface area contributed by atoms with Crippen molar-refractivity contribution < 1.29 is 4.29 Å². The number of halogens is 2. The fourth-order valence-electron chi connectivity index (χ4n) is 1.61. The molecule has 2 nitrogen and oxygen atoms in total. The number of hydrogen-bond donors (Lipinski definition) is 0. The standard InChI is InChI=1S/C13H14BrNS.C2H6.CH3ClO/c1-8(2)12-11(15-13(14)16-12)10-6-4-9(3)5-7-10;1-2;1-3-2/h4-8H,1-3H3;1-2H3;1H3. The van der Waals surface area contributed by atoms with E-state index in [1.807, 2.05) is 13.8 Å². The van der Waals surface area contributed by atoms with Crippen LogP contribution in [-0.4, -0.2) is 12.1 Å². The highest BCUT2D eigenvalue weighted by Gasteiger charge is 2.14. The summed E-state index contributed by atoms with van der Waals surface area (Å²) in [5.74, 6) is 0.514. The summed E-state index contributed by atoms with van der Waals surface area (Å²) >= 11 is 9.70. The second kappa shape index (κ2) is 11.2. The molecule has 21 heavy (non-hydrogen) atoms. The van der Waals surface area contributed by atoms with E-state index in [1.54, 1.807) is 11.3 Å². The number of benzene rings is 1. The Morgan fingerprint density at radius 3 is 2.10 bits per heavy atom. The average molecular weight is 393 g/mol. The van der Waals surface area contributed by atoms with E-state index in [9.17, 15) is 0 Å². The van der Waals surface area contributed by atoms with Crippen molar-refractivity contribution in [3.8, 4) is 11.3 Å². The van der Waals surface area contributed by atoms with Gasteiger partial charge in [-0.2, -0.15) is 0 Å². The van der Waals surface area contributed by atoms with Gasteiger partial charge in [-0.15, -0.1) is 11.3 Å². The summed E-state index contributed by atoms with van der Waals surface area (Å²) in [7, 11) is 1.39. The smallest absolute Gasteiger partial charge is 0.160 e. The van der Waals surface area contributed by atoms with Crippen molar-refractivity contribution >= 4 is 39.1 Å². The van der Waals surface area contributed by atoms with Crippen LogP contribution in [0.4, 0.5) is 0 Å². The molecular formula is C16H23BrClNOS. The van der Waals surface area contributed by atoms with Crippen molar-refractivity contribution in [2.24, 2.45) is 0 Å². The van der Waals surface area contributed by atoms with E-state index in [-0.39, 0.29) is 0 Å². The monoisotopic (exact) mass is 391 g/mol. The third-order valence-corrected chi connectivity index (χ3v) is 4.28. The van der Waals surface area contributed by atoms with Crippen molar-refractivity contribution in [2.75, 3.05) is 7.11 Å². The zero-order valence-electron chi connectivity index (χ0n) is 13.4. The molecule has 0 saturated carbocycles. The quantitative estimate of drug-likeness (QED) is 0.559. The first-order valence-corrected chi connectivity index (χ1v) is 8.79. The number of nitrogens with zero attached hydrogens (tertiary/aromatic N) is 1. The minimum Gasteiger partial charge on any atom is -0.283 e. The van der Waals surface area contributed by atoms with Crippen molar-refractivity contribution in [2.45, 2.75) is 40.5 Å². The maximum absolute atomic E-state index is 4.57. The van der Waals surface area contributed by atoms with Gasteiger partial charge in [0.1, 0.15) is 0 Å². The van der Waals surface area contributed by atoms with Gasteiger partial charge in [-0.1, -0.05) is 57.5 Å². The Bertz CT molecular complexity index is 511. The van der Waals surface area contributed by atoms with Gasteiger partial charge in [-0.05, 0) is 28.8 Å². The molecule has 0 atom stereocenters. The normalized spacial score (nSPS) is 9.57. The third-order valence-electron chi connectivity index (χ3n) is 2.48. The lowest BCUT2D eigenvalue weighted by molar-refractivity contribution is 0.463. The zero-order chi connectivity index (χ0) is 16.4. The fraction of sp³-hybridized carbons (Fsp3) is 0.438. The van der Waals surface area contributed by atoms with E-state index in [1.165, 1.54) is 23.1 Å². The molecule has 1 heterocycles. The minimum atomic E-state index is 0.514. The molecule has 2 aromatic rings. The van der Waals surface area contributed by atoms with Crippen LogP contribution >= 0.6 is 39.1 Å². The van der Waals surface area contributed by atoms with E-state index in [0.29, 0.717) is 5.92 Å². The molecular weight excluding hydrogens is 370 g/mol. The molecule has 0 aliphatic heterocycles. The summed E-state index contributed by atoms with van der Waals surface area (Å²) in [5.41, 5.74) is 3.60. The summed E-state index contributed by atoms with van der Waals surface area (Å²) in [4.78, 5) is 5.91. The Hall–Kier alpha value is -0.420. The summed E-state index contributed by atoms with van der Waals surface area (Å²) in [5, 5.41) is 0. The highest BCUT2D eigenvalue weighted by molar-refractivity contribution is 9.11. The number of hydrogen-bond acceptors (Lipinski definition) is 3. The molecule has 0 spiro atoms. The predicted molar refractivity (Wildman–Crippen MR) is 98.3 cm³/mol. The van der Waals surface area contributed by atoms with Crippen molar-refractivity contribution in [1.82, 2.24) is 4.98 Å². The van der Waals surface area contributed by atoms with Crippen molar-refractivity contribution in [3.05, 3.63) is 38.6 Å². The Morgan fingerprint density at radius 2 is 1.67 bits per heavy atom. The fourth-order valence-corrected chi connectivity index (χ4v) is 3.13. The van der Waals surface area contributed by atoms with E-state index in [0.717, 1.165) is 9.61 Å². The topological polar surface area (TPSA) is 22.1 Å².